The second-order valence-corrected chi connectivity index (χ2v) is 7.39. The molecular weight excluding hydrogens is 396 g/mol. The summed E-state index contributed by atoms with van der Waals surface area (Å²) in [6.45, 7) is 1.47. The molecule has 2 unspecified atom stereocenters. The number of fused-ring (bicyclic) bond motifs is 3. The highest BCUT2D eigenvalue weighted by Crippen LogP contribution is 2.44. The van der Waals surface area contributed by atoms with Crippen LogP contribution in [0.1, 0.15) is 30.4 Å². The zero-order chi connectivity index (χ0) is 22.5. The Morgan fingerprint density at radius 2 is 1.68 bits per heavy atom. The maximum absolute atomic E-state index is 12.6. The van der Waals surface area contributed by atoms with Crippen molar-refractivity contribution in [3.8, 4) is 23.5 Å². The third-order valence-corrected chi connectivity index (χ3v) is 5.54. The van der Waals surface area contributed by atoms with Crippen LogP contribution in [0, 0.1) is 12.3 Å². The van der Waals surface area contributed by atoms with Crippen LogP contribution in [-0.2, 0) is 14.3 Å². The highest BCUT2D eigenvalue weighted by molar-refractivity contribution is 5.89. The van der Waals surface area contributed by atoms with Gasteiger partial charge in [0.15, 0.2) is 0 Å². The number of hydrogen-bond acceptors (Lipinski definition) is 4. The van der Waals surface area contributed by atoms with Gasteiger partial charge in [-0.1, -0.05) is 48.5 Å². The molecule has 1 aliphatic carbocycles. The van der Waals surface area contributed by atoms with Crippen molar-refractivity contribution in [1.29, 1.82) is 0 Å². The summed E-state index contributed by atoms with van der Waals surface area (Å²) in [5.41, 5.74) is 4.36. The molecule has 3 rings (SSSR count). The monoisotopic (exact) mass is 420 g/mol. The molecule has 2 atom stereocenters. The molecule has 31 heavy (non-hydrogen) atoms. The van der Waals surface area contributed by atoms with Crippen LogP contribution < -0.4 is 5.32 Å². The van der Waals surface area contributed by atoms with E-state index in [1.54, 1.807) is 0 Å². The van der Waals surface area contributed by atoms with E-state index >= 15 is 0 Å². The molecular formula is C24H24N2O5. The molecule has 0 spiro atoms. The minimum atomic E-state index is -1.16. The molecule has 2 aromatic carbocycles. The number of alkyl carbamates (subject to hydrolysis) is 1. The zero-order valence-electron chi connectivity index (χ0n) is 17.4. The predicted molar refractivity (Wildman–Crippen MR) is 115 cm³/mol. The molecule has 0 radical (unpaired) electrons. The Hall–Kier alpha value is -3.79. The first-order chi connectivity index (χ1) is 14.8. The van der Waals surface area contributed by atoms with E-state index in [-0.39, 0.29) is 18.9 Å². The lowest BCUT2D eigenvalue weighted by molar-refractivity contribution is -0.148. The third-order valence-electron chi connectivity index (χ3n) is 5.54. The van der Waals surface area contributed by atoms with Gasteiger partial charge in [-0.25, -0.2) is 9.59 Å². The molecule has 2 amide bonds. The Balaban J connectivity index is 1.68. The van der Waals surface area contributed by atoms with Crippen LogP contribution in [0.25, 0.3) is 11.1 Å². The van der Waals surface area contributed by atoms with E-state index in [9.17, 15) is 14.4 Å². The van der Waals surface area contributed by atoms with Gasteiger partial charge in [-0.2, -0.15) is 0 Å². The van der Waals surface area contributed by atoms with Gasteiger partial charge in [0.25, 0.3) is 0 Å². The fraction of sp³-hybridized carbons (Fsp3) is 0.292. The number of carbonyl (C=O) groups excluding carboxylic acids is 2. The normalized spacial score (nSPS) is 13.8. The number of carbonyl (C=O) groups is 3. The number of terminal acetylenes is 1. The van der Waals surface area contributed by atoms with Gasteiger partial charge in [-0.15, -0.1) is 12.3 Å². The topological polar surface area (TPSA) is 95.9 Å². The lowest BCUT2D eigenvalue weighted by Gasteiger charge is -2.26. The summed E-state index contributed by atoms with van der Waals surface area (Å²) in [6.07, 6.45) is 4.46. The summed E-state index contributed by atoms with van der Waals surface area (Å²) in [6, 6.07) is 13.8. The SMILES string of the molecule is C#CCC(NC(=O)OCC1c2ccccc2-c2ccccc21)C(=O)N(C)C(C)C(=O)O. The molecule has 0 bridgehead atoms. The highest BCUT2D eigenvalue weighted by Gasteiger charge is 2.31. The second kappa shape index (κ2) is 9.35. The van der Waals surface area contributed by atoms with E-state index in [0.717, 1.165) is 27.2 Å². The Labute approximate surface area is 181 Å². The molecule has 2 N–H and O–H groups in total. The summed E-state index contributed by atoms with van der Waals surface area (Å²) in [5.74, 6) is 0.467. The Bertz CT molecular complexity index is 997. The average Bonchev–Trinajstić information content (AvgIpc) is 3.09. The van der Waals surface area contributed by atoms with E-state index in [0.29, 0.717) is 0 Å². The lowest BCUT2D eigenvalue weighted by Crippen LogP contribution is -2.51. The molecule has 0 saturated carbocycles. The zero-order valence-corrected chi connectivity index (χ0v) is 17.4. The first-order valence-electron chi connectivity index (χ1n) is 9.89. The first-order valence-corrected chi connectivity index (χ1v) is 9.89. The van der Waals surface area contributed by atoms with Crippen molar-refractivity contribution in [3.63, 3.8) is 0 Å². The summed E-state index contributed by atoms with van der Waals surface area (Å²) < 4.78 is 5.45. The molecule has 0 aromatic heterocycles. The standard InChI is InChI=1S/C24H24N2O5/c1-4-9-21(22(27)26(3)15(2)23(28)29)25-24(30)31-14-20-18-12-7-5-10-16(18)17-11-6-8-13-19(17)20/h1,5-8,10-13,15,20-21H,9,14H2,2-3H3,(H,25,30)(H,28,29). The van der Waals surface area contributed by atoms with Gasteiger partial charge in [-0.3, -0.25) is 4.79 Å². The number of likely N-dealkylation sites (N-methyl/N-ethyl adjacent to an activating group) is 1. The number of carboxylic acids is 1. The van der Waals surface area contributed by atoms with E-state index in [1.165, 1.54) is 14.0 Å². The van der Waals surface area contributed by atoms with Crippen LogP contribution in [0.4, 0.5) is 4.79 Å². The summed E-state index contributed by atoms with van der Waals surface area (Å²) in [7, 11) is 1.35. The van der Waals surface area contributed by atoms with Crippen LogP contribution in [0.2, 0.25) is 0 Å². The highest BCUT2D eigenvalue weighted by atomic mass is 16.5. The Kier molecular flexibility index (Phi) is 6.61. The van der Waals surface area contributed by atoms with Crippen molar-refractivity contribution in [1.82, 2.24) is 10.2 Å². The Morgan fingerprint density at radius 3 is 2.19 bits per heavy atom. The van der Waals surface area contributed by atoms with Crippen LogP contribution >= 0.6 is 0 Å². The van der Waals surface area contributed by atoms with Crippen LogP contribution in [0.3, 0.4) is 0 Å². The largest absolute Gasteiger partial charge is 0.480 e. The van der Waals surface area contributed by atoms with Gasteiger partial charge in [0, 0.05) is 19.4 Å². The molecule has 1 aliphatic rings. The maximum atomic E-state index is 12.6. The molecule has 0 fully saturated rings. The second-order valence-electron chi connectivity index (χ2n) is 7.39. The van der Waals surface area contributed by atoms with Crippen molar-refractivity contribution in [2.45, 2.75) is 31.3 Å². The van der Waals surface area contributed by atoms with E-state index in [1.807, 2.05) is 48.5 Å². The minimum Gasteiger partial charge on any atom is -0.480 e. The maximum Gasteiger partial charge on any atom is 0.407 e. The number of nitrogens with zero attached hydrogens (tertiary/aromatic N) is 1. The van der Waals surface area contributed by atoms with Gasteiger partial charge < -0.3 is 20.1 Å². The number of rotatable bonds is 7. The average molecular weight is 420 g/mol. The quantitative estimate of drug-likeness (QED) is 0.672. The number of ether oxygens (including phenoxy) is 1. The number of aliphatic carboxylic acids is 1. The van der Waals surface area contributed by atoms with Gasteiger partial charge in [0.1, 0.15) is 18.7 Å². The smallest absolute Gasteiger partial charge is 0.407 e. The van der Waals surface area contributed by atoms with Gasteiger partial charge in [0.2, 0.25) is 5.91 Å². The van der Waals surface area contributed by atoms with Gasteiger partial charge in [-0.05, 0) is 29.2 Å². The molecule has 0 aliphatic heterocycles. The van der Waals surface area contributed by atoms with Crippen molar-refractivity contribution < 1.29 is 24.2 Å². The van der Waals surface area contributed by atoms with E-state index in [4.69, 9.17) is 16.3 Å². The molecule has 7 heteroatoms. The van der Waals surface area contributed by atoms with Crippen molar-refractivity contribution in [2.75, 3.05) is 13.7 Å². The number of nitrogens with one attached hydrogen (secondary N) is 1. The minimum absolute atomic E-state index is 0.0836. The predicted octanol–water partition coefficient (Wildman–Crippen LogP) is 2.85. The molecule has 2 aromatic rings. The van der Waals surface area contributed by atoms with Crippen LogP contribution in [-0.4, -0.2) is 53.7 Å². The van der Waals surface area contributed by atoms with E-state index in [2.05, 4.69) is 11.2 Å². The molecule has 0 heterocycles. The molecule has 160 valence electrons. The Morgan fingerprint density at radius 1 is 1.13 bits per heavy atom. The van der Waals surface area contributed by atoms with E-state index < -0.39 is 30.1 Å². The van der Waals surface area contributed by atoms with Crippen LogP contribution in [0.15, 0.2) is 48.5 Å². The number of hydrogen-bond donors (Lipinski definition) is 2. The third kappa shape index (κ3) is 4.53. The lowest BCUT2D eigenvalue weighted by atomic mass is 9.98. The summed E-state index contributed by atoms with van der Waals surface area (Å²) in [5, 5.41) is 11.6. The first kappa shape index (κ1) is 21.9. The van der Waals surface area contributed by atoms with Crippen LogP contribution in [0.5, 0.6) is 0 Å². The van der Waals surface area contributed by atoms with Crippen molar-refractivity contribution >= 4 is 18.0 Å². The number of benzene rings is 2. The molecule has 7 nitrogen and oxygen atoms in total. The molecule has 0 saturated heterocycles. The summed E-state index contributed by atoms with van der Waals surface area (Å²) in [4.78, 5) is 37.2. The fourth-order valence-electron chi connectivity index (χ4n) is 3.70. The number of carboxylic acid groups (broad SMARTS) is 1. The fourth-order valence-corrected chi connectivity index (χ4v) is 3.70. The van der Waals surface area contributed by atoms with Crippen molar-refractivity contribution in [2.24, 2.45) is 0 Å². The number of amides is 2. The van der Waals surface area contributed by atoms with Gasteiger partial charge in [0.05, 0.1) is 0 Å². The van der Waals surface area contributed by atoms with Gasteiger partial charge >= 0.3 is 12.1 Å². The van der Waals surface area contributed by atoms with Crippen molar-refractivity contribution in [3.05, 3.63) is 59.7 Å². The summed E-state index contributed by atoms with van der Waals surface area (Å²) >= 11 is 0.